The lowest BCUT2D eigenvalue weighted by atomic mass is 10.1. The Kier molecular flexibility index (Phi) is 3.61. The highest BCUT2D eigenvalue weighted by molar-refractivity contribution is 6.31. The number of imidazole rings is 1. The molecule has 0 aliphatic carbocycles. The van der Waals surface area contributed by atoms with Gasteiger partial charge in [-0.05, 0) is 31.5 Å². The summed E-state index contributed by atoms with van der Waals surface area (Å²) in [4.78, 5) is 15.9. The number of hydrogen-bond donors (Lipinski definition) is 1. The van der Waals surface area contributed by atoms with Crippen molar-refractivity contribution in [2.45, 2.75) is 31.2 Å². The molecular formula is C14H15Cl2N3O. The van der Waals surface area contributed by atoms with Gasteiger partial charge < -0.3 is 9.88 Å². The molecular weight excluding hydrogens is 297 g/mol. The smallest absolute Gasteiger partial charge is 0.220 e. The topological polar surface area (TPSA) is 46.9 Å². The number of nitrogens with zero attached hydrogens (tertiary/aromatic N) is 2. The molecule has 2 atom stereocenters. The average molecular weight is 312 g/mol. The quantitative estimate of drug-likeness (QED) is 0.864. The molecule has 1 aromatic heterocycles. The van der Waals surface area contributed by atoms with Gasteiger partial charge in [-0.3, -0.25) is 4.79 Å². The number of alkyl halides is 1. The van der Waals surface area contributed by atoms with E-state index in [4.69, 9.17) is 23.2 Å². The van der Waals surface area contributed by atoms with Crippen LogP contribution in [0.15, 0.2) is 18.2 Å². The predicted octanol–water partition coefficient (Wildman–Crippen LogP) is 3.44. The third kappa shape index (κ3) is 2.38. The van der Waals surface area contributed by atoms with E-state index in [0.29, 0.717) is 18.0 Å². The molecule has 2 aromatic rings. The molecule has 20 heavy (non-hydrogen) atoms. The minimum Gasteiger partial charge on any atom is -0.354 e. The predicted molar refractivity (Wildman–Crippen MR) is 80.3 cm³/mol. The highest BCUT2D eigenvalue weighted by Gasteiger charge is 2.25. The first-order chi connectivity index (χ1) is 9.56. The van der Waals surface area contributed by atoms with E-state index in [1.54, 1.807) is 0 Å². The van der Waals surface area contributed by atoms with Crippen LogP contribution in [0.5, 0.6) is 0 Å². The normalized spacial score (nSPS) is 20.9. The Bertz CT molecular complexity index is 656. The minimum atomic E-state index is -0.196. The van der Waals surface area contributed by atoms with E-state index in [9.17, 15) is 4.79 Å². The van der Waals surface area contributed by atoms with Gasteiger partial charge in [-0.1, -0.05) is 11.6 Å². The lowest BCUT2D eigenvalue weighted by Gasteiger charge is -2.26. The molecule has 1 fully saturated rings. The number of hydrogen-bond acceptors (Lipinski definition) is 2. The summed E-state index contributed by atoms with van der Waals surface area (Å²) in [5, 5.41) is 3.38. The number of carbonyl (C=O) groups excluding carboxylic acids is 1. The SMILES string of the molecule is CC(Cl)c1nc2ccc(Cl)cc2n1C1CCC(=O)NC1. The first-order valence-electron chi connectivity index (χ1n) is 6.64. The van der Waals surface area contributed by atoms with Crippen molar-refractivity contribution >= 4 is 40.1 Å². The molecule has 2 unspecified atom stereocenters. The summed E-state index contributed by atoms with van der Waals surface area (Å²) in [5.74, 6) is 0.925. The van der Waals surface area contributed by atoms with Crippen LogP contribution in [0.25, 0.3) is 11.0 Å². The van der Waals surface area contributed by atoms with Gasteiger partial charge in [0.1, 0.15) is 5.82 Å². The van der Waals surface area contributed by atoms with Crippen molar-refractivity contribution in [1.29, 1.82) is 0 Å². The maximum absolute atomic E-state index is 11.3. The molecule has 0 saturated carbocycles. The first-order valence-corrected chi connectivity index (χ1v) is 7.46. The summed E-state index contributed by atoms with van der Waals surface area (Å²) in [6, 6.07) is 5.81. The Hall–Kier alpha value is -1.26. The summed E-state index contributed by atoms with van der Waals surface area (Å²) in [6.45, 7) is 2.51. The van der Waals surface area contributed by atoms with Crippen LogP contribution in [0.4, 0.5) is 0 Å². The number of halogens is 2. The van der Waals surface area contributed by atoms with Crippen LogP contribution in [0, 0.1) is 0 Å². The summed E-state index contributed by atoms with van der Waals surface area (Å²) in [6.07, 6.45) is 1.32. The Balaban J connectivity index is 2.13. The number of amides is 1. The van der Waals surface area contributed by atoms with Crippen LogP contribution >= 0.6 is 23.2 Å². The third-order valence-electron chi connectivity index (χ3n) is 3.64. The van der Waals surface area contributed by atoms with Crippen LogP contribution < -0.4 is 5.32 Å². The van der Waals surface area contributed by atoms with Crippen LogP contribution in [-0.4, -0.2) is 22.0 Å². The molecule has 0 spiro atoms. The molecule has 6 heteroatoms. The van der Waals surface area contributed by atoms with Gasteiger partial charge in [-0.25, -0.2) is 4.98 Å². The van der Waals surface area contributed by atoms with E-state index in [2.05, 4.69) is 14.9 Å². The number of benzene rings is 1. The molecule has 1 N–H and O–H groups in total. The highest BCUT2D eigenvalue weighted by atomic mass is 35.5. The molecule has 1 aliphatic rings. The van der Waals surface area contributed by atoms with E-state index in [0.717, 1.165) is 23.3 Å². The lowest BCUT2D eigenvalue weighted by molar-refractivity contribution is -0.122. The van der Waals surface area contributed by atoms with Gasteiger partial charge in [0.15, 0.2) is 0 Å². The lowest BCUT2D eigenvalue weighted by Crippen LogP contribution is -2.36. The van der Waals surface area contributed by atoms with E-state index >= 15 is 0 Å². The fourth-order valence-corrected chi connectivity index (χ4v) is 3.01. The van der Waals surface area contributed by atoms with Gasteiger partial charge >= 0.3 is 0 Å². The summed E-state index contributed by atoms with van der Waals surface area (Å²) >= 11 is 12.4. The van der Waals surface area contributed by atoms with E-state index in [1.165, 1.54) is 0 Å². The number of piperidine rings is 1. The summed E-state index contributed by atoms with van der Waals surface area (Å²) in [5.41, 5.74) is 1.86. The van der Waals surface area contributed by atoms with Crippen LogP contribution in [0.3, 0.4) is 0 Å². The molecule has 1 aliphatic heterocycles. The van der Waals surface area contributed by atoms with Gasteiger partial charge in [0.25, 0.3) is 0 Å². The zero-order valence-electron chi connectivity index (χ0n) is 11.1. The Morgan fingerprint density at radius 3 is 2.95 bits per heavy atom. The van der Waals surface area contributed by atoms with Crippen molar-refractivity contribution in [2.75, 3.05) is 6.54 Å². The maximum atomic E-state index is 11.3. The standard InChI is InChI=1S/C14H15Cl2N3O/c1-8(15)14-18-11-4-2-9(16)6-12(11)19(14)10-3-5-13(20)17-7-10/h2,4,6,8,10H,3,5,7H2,1H3,(H,17,20). The van der Waals surface area contributed by atoms with Crippen molar-refractivity contribution < 1.29 is 4.79 Å². The van der Waals surface area contributed by atoms with Crippen molar-refractivity contribution in [3.63, 3.8) is 0 Å². The van der Waals surface area contributed by atoms with Crippen molar-refractivity contribution in [1.82, 2.24) is 14.9 Å². The number of fused-ring (bicyclic) bond motifs is 1. The van der Waals surface area contributed by atoms with Crippen molar-refractivity contribution in [3.05, 3.63) is 29.0 Å². The van der Waals surface area contributed by atoms with Gasteiger partial charge in [-0.15, -0.1) is 11.6 Å². The molecule has 0 radical (unpaired) electrons. The second-order valence-electron chi connectivity index (χ2n) is 5.09. The molecule has 1 amide bonds. The van der Waals surface area contributed by atoms with Gasteiger partial charge in [0, 0.05) is 18.0 Å². The maximum Gasteiger partial charge on any atom is 0.220 e. The zero-order chi connectivity index (χ0) is 14.3. The van der Waals surface area contributed by atoms with E-state index in [1.807, 2.05) is 25.1 Å². The Morgan fingerprint density at radius 1 is 1.50 bits per heavy atom. The zero-order valence-corrected chi connectivity index (χ0v) is 12.6. The van der Waals surface area contributed by atoms with Crippen molar-refractivity contribution in [3.8, 4) is 0 Å². The Labute approximate surface area is 127 Å². The number of rotatable bonds is 2. The third-order valence-corrected chi connectivity index (χ3v) is 4.07. The number of carbonyl (C=O) groups is 1. The highest BCUT2D eigenvalue weighted by Crippen LogP contribution is 2.32. The van der Waals surface area contributed by atoms with Crippen molar-refractivity contribution in [2.24, 2.45) is 0 Å². The van der Waals surface area contributed by atoms with Crippen LogP contribution in [0.1, 0.15) is 37.0 Å². The Morgan fingerprint density at radius 2 is 2.30 bits per heavy atom. The van der Waals surface area contributed by atoms with Gasteiger partial charge in [-0.2, -0.15) is 0 Å². The molecule has 1 saturated heterocycles. The van der Waals surface area contributed by atoms with E-state index in [-0.39, 0.29) is 17.3 Å². The van der Waals surface area contributed by atoms with Crippen LogP contribution in [-0.2, 0) is 4.79 Å². The first kappa shape index (κ1) is 13.7. The number of aromatic nitrogens is 2. The summed E-state index contributed by atoms with van der Waals surface area (Å²) in [7, 11) is 0. The molecule has 0 bridgehead atoms. The molecule has 4 nitrogen and oxygen atoms in total. The fraction of sp³-hybridized carbons (Fsp3) is 0.429. The second-order valence-corrected chi connectivity index (χ2v) is 6.18. The largest absolute Gasteiger partial charge is 0.354 e. The minimum absolute atomic E-state index is 0.101. The average Bonchev–Trinajstić information content (AvgIpc) is 2.78. The van der Waals surface area contributed by atoms with E-state index < -0.39 is 0 Å². The molecule has 106 valence electrons. The fourth-order valence-electron chi connectivity index (χ4n) is 2.69. The molecule has 1 aromatic carbocycles. The summed E-state index contributed by atoms with van der Waals surface area (Å²) < 4.78 is 2.12. The second kappa shape index (κ2) is 5.26. The molecule has 3 rings (SSSR count). The van der Waals surface area contributed by atoms with Crippen LogP contribution in [0.2, 0.25) is 5.02 Å². The van der Waals surface area contributed by atoms with Gasteiger partial charge in [0.05, 0.1) is 22.5 Å². The van der Waals surface area contributed by atoms with Gasteiger partial charge in [0.2, 0.25) is 5.91 Å². The number of nitrogens with one attached hydrogen (secondary N) is 1. The monoisotopic (exact) mass is 311 g/mol. The molecule has 2 heterocycles.